The molecule has 1 N–H and O–H groups in total. The summed E-state index contributed by atoms with van der Waals surface area (Å²) in [4.78, 5) is 15.2. The summed E-state index contributed by atoms with van der Waals surface area (Å²) in [5.41, 5.74) is 0. The van der Waals surface area contributed by atoms with Crippen LogP contribution in [-0.4, -0.2) is 62.8 Å². The van der Waals surface area contributed by atoms with E-state index in [1.54, 1.807) is 30.3 Å². The summed E-state index contributed by atoms with van der Waals surface area (Å²) in [6, 6.07) is 7.87. The van der Waals surface area contributed by atoms with Gasteiger partial charge in [0.1, 0.15) is 6.04 Å². The van der Waals surface area contributed by atoms with Crippen molar-refractivity contribution in [2.24, 2.45) is 5.92 Å². The first kappa shape index (κ1) is 18.4. The second-order valence-electron chi connectivity index (χ2n) is 6.94. The van der Waals surface area contributed by atoms with Crippen molar-refractivity contribution in [2.75, 3.05) is 33.2 Å². The lowest BCUT2D eigenvalue weighted by molar-refractivity contribution is -0.135. The zero-order valence-electron chi connectivity index (χ0n) is 14.7. The molecule has 3 rings (SSSR count). The number of benzene rings is 1. The van der Waals surface area contributed by atoms with E-state index in [0.717, 1.165) is 38.9 Å². The van der Waals surface area contributed by atoms with Crippen LogP contribution in [0.5, 0.6) is 0 Å². The largest absolute Gasteiger partial charge is 0.341 e. The monoisotopic (exact) mass is 365 g/mol. The molecule has 1 amide bonds. The summed E-state index contributed by atoms with van der Waals surface area (Å²) in [5.74, 6) is 0.425. The fraction of sp³-hybridized carbons (Fsp3) is 0.611. The fourth-order valence-electron chi connectivity index (χ4n) is 3.87. The zero-order chi connectivity index (χ0) is 17.9. The van der Waals surface area contributed by atoms with E-state index in [9.17, 15) is 13.2 Å². The van der Waals surface area contributed by atoms with Gasteiger partial charge in [-0.15, -0.1) is 0 Å². The third kappa shape index (κ3) is 3.88. The Hall–Kier alpha value is -1.44. The number of rotatable bonds is 5. The normalized spacial score (nSPS) is 25.2. The number of nitrogens with one attached hydrogen (secondary N) is 1. The first-order valence-electron chi connectivity index (χ1n) is 9.04. The van der Waals surface area contributed by atoms with Gasteiger partial charge in [0.05, 0.1) is 4.90 Å². The van der Waals surface area contributed by atoms with Gasteiger partial charge in [-0.3, -0.25) is 4.79 Å². The molecule has 0 bridgehead atoms. The highest BCUT2D eigenvalue weighted by molar-refractivity contribution is 7.89. The third-order valence-electron chi connectivity index (χ3n) is 5.18. The van der Waals surface area contributed by atoms with Crippen LogP contribution >= 0.6 is 0 Å². The number of carbonyl (C=O) groups excluding carboxylic acids is 1. The molecule has 2 aliphatic heterocycles. The maximum Gasteiger partial charge on any atom is 0.243 e. The van der Waals surface area contributed by atoms with Gasteiger partial charge < -0.3 is 10.2 Å². The number of carbonyl (C=O) groups is 1. The minimum Gasteiger partial charge on any atom is -0.341 e. The molecule has 0 radical (unpaired) electrons. The molecule has 2 fully saturated rings. The van der Waals surface area contributed by atoms with E-state index in [1.807, 2.05) is 11.9 Å². The van der Waals surface area contributed by atoms with Crippen molar-refractivity contribution in [3.63, 3.8) is 0 Å². The molecule has 0 aliphatic carbocycles. The Morgan fingerprint density at radius 2 is 1.92 bits per heavy atom. The summed E-state index contributed by atoms with van der Waals surface area (Å²) in [6.07, 6.45) is 3.28. The van der Waals surface area contributed by atoms with Crippen molar-refractivity contribution >= 4 is 15.9 Å². The van der Waals surface area contributed by atoms with Gasteiger partial charge in [-0.25, -0.2) is 8.42 Å². The van der Waals surface area contributed by atoms with Crippen LogP contribution < -0.4 is 5.32 Å². The van der Waals surface area contributed by atoms with Crippen LogP contribution in [0.25, 0.3) is 0 Å². The van der Waals surface area contributed by atoms with Gasteiger partial charge >= 0.3 is 0 Å². The number of piperidine rings is 1. The third-order valence-corrected chi connectivity index (χ3v) is 7.10. The van der Waals surface area contributed by atoms with Crippen LogP contribution in [0.1, 0.15) is 25.7 Å². The number of hydrogen-bond acceptors (Lipinski definition) is 4. The molecule has 2 heterocycles. The lowest BCUT2D eigenvalue weighted by atomic mass is 10.0. The number of likely N-dealkylation sites (tertiary alicyclic amines) is 1. The predicted octanol–water partition coefficient (Wildman–Crippen LogP) is 1.30. The van der Waals surface area contributed by atoms with Gasteiger partial charge in [0.25, 0.3) is 0 Å². The molecule has 0 spiro atoms. The Balaban J connectivity index is 1.78. The number of amides is 1. The molecule has 0 saturated carbocycles. The van der Waals surface area contributed by atoms with E-state index in [0.29, 0.717) is 18.9 Å². The number of hydrogen-bond donors (Lipinski definition) is 1. The number of sulfonamides is 1. The summed E-state index contributed by atoms with van der Waals surface area (Å²) in [7, 11) is -1.72. The summed E-state index contributed by atoms with van der Waals surface area (Å²) in [5, 5.41) is 3.16. The highest BCUT2D eigenvalue weighted by Crippen LogP contribution is 2.28. The molecule has 7 heteroatoms. The Bertz CT molecular complexity index is 693. The quantitative estimate of drug-likeness (QED) is 0.854. The average molecular weight is 365 g/mol. The topological polar surface area (TPSA) is 69.7 Å². The van der Waals surface area contributed by atoms with Gasteiger partial charge in [-0.2, -0.15) is 4.31 Å². The average Bonchev–Trinajstić information content (AvgIpc) is 3.11. The van der Waals surface area contributed by atoms with Crippen molar-refractivity contribution in [1.29, 1.82) is 0 Å². The SMILES string of the molecule is CNCC1CCN(C(=O)C2CCCCN2S(=O)(=O)c2ccccc2)C1. The Morgan fingerprint density at radius 1 is 1.16 bits per heavy atom. The van der Waals surface area contributed by atoms with Crippen molar-refractivity contribution in [1.82, 2.24) is 14.5 Å². The van der Waals surface area contributed by atoms with E-state index in [2.05, 4.69) is 5.32 Å². The van der Waals surface area contributed by atoms with Crippen molar-refractivity contribution in [3.8, 4) is 0 Å². The fourth-order valence-corrected chi connectivity index (χ4v) is 5.54. The standard InChI is InChI=1S/C18H27N3O3S/c1-19-13-15-10-12-20(14-15)18(22)17-9-5-6-11-21(17)25(23,24)16-7-3-2-4-8-16/h2-4,7-8,15,17,19H,5-6,9-14H2,1H3. The Kier molecular flexibility index (Phi) is 5.76. The molecule has 2 aliphatic rings. The molecule has 25 heavy (non-hydrogen) atoms. The van der Waals surface area contributed by atoms with Crippen LogP contribution in [0.2, 0.25) is 0 Å². The maximum absolute atomic E-state index is 13.0. The Labute approximate surface area is 150 Å². The van der Waals surface area contributed by atoms with E-state index in [-0.39, 0.29) is 10.8 Å². The second kappa shape index (κ2) is 7.85. The molecule has 1 aromatic carbocycles. The molecule has 6 nitrogen and oxygen atoms in total. The predicted molar refractivity (Wildman–Crippen MR) is 96.6 cm³/mol. The van der Waals surface area contributed by atoms with Gasteiger partial charge in [-0.1, -0.05) is 24.6 Å². The van der Waals surface area contributed by atoms with Crippen LogP contribution in [-0.2, 0) is 14.8 Å². The number of nitrogens with zero attached hydrogens (tertiary/aromatic N) is 2. The molecule has 138 valence electrons. The molecule has 2 saturated heterocycles. The van der Waals surface area contributed by atoms with Gasteiger partial charge in [0.2, 0.25) is 15.9 Å². The molecule has 2 atom stereocenters. The summed E-state index contributed by atoms with van der Waals surface area (Å²) < 4.78 is 27.5. The van der Waals surface area contributed by atoms with Gasteiger partial charge in [-0.05, 0) is 50.9 Å². The molecule has 0 aromatic heterocycles. The first-order chi connectivity index (χ1) is 12.0. The highest BCUT2D eigenvalue weighted by atomic mass is 32.2. The summed E-state index contributed by atoms with van der Waals surface area (Å²) in [6.45, 7) is 2.75. The molecule has 2 unspecified atom stereocenters. The highest BCUT2D eigenvalue weighted by Gasteiger charge is 2.40. The Morgan fingerprint density at radius 3 is 2.64 bits per heavy atom. The minimum atomic E-state index is -3.64. The van der Waals surface area contributed by atoms with Crippen molar-refractivity contribution in [2.45, 2.75) is 36.6 Å². The van der Waals surface area contributed by atoms with Gasteiger partial charge in [0, 0.05) is 19.6 Å². The van der Waals surface area contributed by atoms with Gasteiger partial charge in [0.15, 0.2) is 0 Å². The molecular formula is C18H27N3O3S. The van der Waals surface area contributed by atoms with Crippen LogP contribution in [0.4, 0.5) is 0 Å². The first-order valence-corrected chi connectivity index (χ1v) is 10.5. The maximum atomic E-state index is 13.0. The van der Waals surface area contributed by atoms with E-state index in [4.69, 9.17) is 0 Å². The second-order valence-corrected chi connectivity index (χ2v) is 8.83. The smallest absolute Gasteiger partial charge is 0.243 e. The van der Waals surface area contributed by atoms with Crippen LogP contribution in [0, 0.1) is 5.92 Å². The summed E-state index contributed by atoms with van der Waals surface area (Å²) >= 11 is 0. The minimum absolute atomic E-state index is 0.0298. The zero-order valence-corrected chi connectivity index (χ0v) is 15.5. The van der Waals surface area contributed by atoms with E-state index in [1.165, 1.54) is 4.31 Å². The van der Waals surface area contributed by atoms with E-state index >= 15 is 0 Å². The lowest BCUT2D eigenvalue weighted by Gasteiger charge is -2.35. The van der Waals surface area contributed by atoms with Crippen LogP contribution in [0.15, 0.2) is 35.2 Å². The van der Waals surface area contributed by atoms with Crippen molar-refractivity contribution < 1.29 is 13.2 Å². The van der Waals surface area contributed by atoms with E-state index < -0.39 is 16.1 Å². The molecular weight excluding hydrogens is 338 g/mol. The molecule has 1 aromatic rings. The lowest BCUT2D eigenvalue weighted by Crippen LogP contribution is -2.52. The van der Waals surface area contributed by atoms with Crippen molar-refractivity contribution in [3.05, 3.63) is 30.3 Å². The van der Waals surface area contributed by atoms with Crippen LogP contribution in [0.3, 0.4) is 0 Å².